The molecule has 0 saturated heterocycles. The molecule has 1 heterocycles. The molecule has 63 heavy (non-hydrogen) atoms. The maximum absolute atomic E-state index is 11.8. The van der Waals surface area contributed by atoms with Crippen LogP contribution in [0.4, 0.5) is 28.7 Å². The van der Waals surface area contributed by atoms with Gasteiger partial charge in [0, 0.05) is 54.3 Å². The third-order valence-electron chi connectivity index (χ3n) is 8.75. The second-order valence-electron chi connectivity index (χ2n) is 14.0. The molecule has 23 heteroatoms. The van der Waals surface area contributed by atoms with Crippen molar-refractivity contribution in [3.05, 3.63) is 110 Å². The van der Waals surface area contributed by atoms with Crippen molar-refractivity contribution in [3.63, 3.8) is 0 Å². The number of benzene rings is 4. The van der Waals surface area contributed by atoms with E-state index in [4.69, 9.17) is 65.8 Å². The van der Waals surface area contributed by atoms with Gasteiger partial charge in [0.25, 0.3) is 20.2 Å². The lowest BCUT2D eigenvalue weighted by Gasteiger charge is -2.15. The number of rotatable bonds is 22. The van der Waals surface area contributed by atoms with Gasteiger partial charge in [-0.25, -0.2) is 4.98 Å². The van der Waals surface area contributed by atoms with Crippen LogP contribution in [0.1, 0.15) is 55.9 Å². The van der Waals surface area contributed by atoms with Gasteiger partial charge in [-0.05, 0) is 79.8 Å². The number of azo groups is 2. The van der Waals surface area contributed by atoms with Gasteiger partial charge in [0.2, 0.25) is 5.95 Å². The Morgan fingerprint density at radius 3 is 1.81 bits per heavy atom. The van der Waals surface area contributed by atoms with Crippen molar-refractivity contribution in [2.75, 3.05) is 37.4 Å². The van der Waals surface area contributed by atoms with Gasteiger partial charge in [0.15, 0.2) is 0 Å². The molecule has 0 aliphatic heterocycles. The molecule has 1 aromatic heterocycles. The molecule has 0 fully saturated rings. The Morgan fingerprint density at radius 1 is 0.714 bits per heavy atom. The van der Waals surface area contributed by atoms with Gasteiger partial charge in [0.1, 0.15) is 39.4 Å². The first kappa shape index (κ1) is 49.4. The average molecular weight is 985 g/mol. The quantitative estimate of drug-likeness (QED) is 0.0287. The molecule has 4 aromatic carbocycles. The monoisotopic (exact) mass is 982 g/mol. The lowest BCUT2D eigenvalue weighted by Crippen LogP contribution is -2.15. The van der Waals surface area contributed by atoms with Gasteiger partial charge in [-0.1, -0.05) is 60.3 Å². The number of nitrogens with zero attached hydrogens (tertiary/aromatic N) is 7. The largest absolute Gasteiger partial charge is 0.493 e. The SMILES string of the molecule is CCCOc1cc(N=Nc2ccc(Cl)cc2)c(Cl)cc1Cc1nc(Cc2cc(Cl)c(N=Nc3ccc(Cl)c(S(=O)(=O)O)c3)cc2OCCCS(=O)(=O)O)nc(NCCC(C)CO)n1. The van der Waals surface area contributed by atoms with Crippen LogP contribution in [0.3, 0.4) is 0 Å². The average Bonchev–Trinajstić information content (AvgIpc) is 3.22. The summed E-state index contributed by atoms with van der Waals surface area (Å²) < 4.78 is 77.4. The molecule has 0 bridgehead atoms. The third kappa shape index (κ3) is 15.6. The van der Waals surface area contributed by atoms with E-state index in [9.17, 15) is 31.0 Å². The molecule has 5 aromatic rings. The van der Waals surface area contributed by atoms with E-state index in [-0.39, 0.29) is 77.3 Å². The molecule has 0 aliphatic rings. The normalized spacial score (nSPS) is 12.6. The number of ether oxygens (including phenoxy) is 2. The molecular formula is C40H42Cl4N8O9S2. The summed E-state index contributed by atoms with van der Waals surface area (Å²) in [6.45, 7) is 4.57. The van der Waals surface area contributed by atoms with Gasteiger partial charge in [-0.15, -0.1) is 10.2 Å². The molecule has 0 amide bonds. The summed E-state index contributed by atoms with van der Waals surface area (Å²) in [5.74, 6) is 0.995. The van der Waals surface area contributed by atoms with Crippen molar-refractivity contribution in [2.45, 2.75) is 50.8 Å². The van der Waals surface area contributed by atoms with Crippen molar-refractivity contribution in [1.82, 2.24) is 15.0 Å². The zero-order valence-electron chi connectivity index (χ0n) is 33.7. The minimum Gasteiger partial charge on any atom is -0.493 e. The standard InChI is InChI=1S/C40H42Cl4N8O9S2/c1-3-13-60-35-21-33(51-49-28-7-5-27(41)6-8-28)31(43)16-25(35)18-38-46-39(48-40(47-38)45-12-11-24(2)23-53)19-26-17-32(44)34(22-36(26)61-14-4-15-62(54,55)56)52-50-29-9-10-30(42)37(20-29)63(57,58)59/h5-10,16-17,20-22,24,53H,3-4,11-15,18-19,23H2,1-2H3,(H,54,55,56)(H,57,58,59)(H,45,46,47,48). The molecule has 336 valence electrons. The minimum absolute atomic E-state index is 0.000572. The van der Waals surface area contributed by atoms with Crippen LogP contribution in [0.5, 0.6) is 11.5 Å². The number of aliphatic hydroxyl groups is 1. The van der Waals surface area contributed by atoms with Crippen molar-refractivity contribution in [1.29, 1.82) is 0 Å². The van der Waals surface area contributed by atoms with Gasteiger partial charge in [-0.3, -0.25) is 9.11 Å². The fourth-order valence-electron chi connectivity index (χ4n) is 5.55. The summed E-state index contributed by atoms with van der Waals surface area (Å²) >= 11 is 25.4. The number of hydrogen-bond donors (Lipinski definition) is 4. The molecule has 0 saturated carbocycles. The number of nitrogens with one attached hydrogen (secondary N) is 1. The van der Waals surface area contributed by atoms with E-state index in [1.165, 1.54) is 24.3 Å². The van der Waals surface area contributed by atoms with Crippen LogP contribution in [0, 0.1) is 5.92 Å². The second-order valence-corrected chi connectivity index (χ2v) is 18.6. The van der Waals surface area contributed by atoms with E-state index in [0.717, 1.165) is 12.5 Å². The number of hydrogen-bond acceptors (Lipinski definition) is 15. The van der Waals surface area contributed by atoms with Crippen molar-refractivity contribution in [3.8, 4) is 11.5 Å². The highest BCUT2D eigenvalue weighted by molar-refractivity contribution is 7.86. The number of halogens is 4. The van der Waals surface area contributed by atoms with E-state index in [1.54, 1.807) is 36.4 Å². The predicted octanol–water partition coefficient (Wildman–Crippen LogP) is 10.6. The fraction of sp³-hybridized carbons (Fsp3) is 0.325. The van der Waals surface area contributed by atoms with Crippen molar-refractivity contribution >= 4 is 95.3 Å². The number of anilines is 1. The van der Waals surface area contributed by atoms with Crippen LogP contribution in [0.25, 0.3) is 0 Å². The summed E-state index contributed by atoms with van der Waals surface area (Å²) in [4.78, 5) is 13.6. The maximum atomic E-state index is 11.8. The molecule has 0 radical (unpaired) electrons. The Bertz CT molecular complexity index is 2680. The maximum Gasteiger partial charge on any atom is 0.296 e. The van der Waals surface area contributed by atoms with E-state index in [1.807, 2.05) is 13.8 Å². The molecule has 0 aliphatic carbocycles. The van der Waals surface area contributed by atoms with E-state index in [0.29, 0.717) is 63.7 Å². The Kier molecular flexibility index (Phi) is 17.9. The Balaban J connectivity index is 1.52. The number of aromatic nitrogens is 3. The lowest BCUT2D eigenvalue weighted by molar-refractivity contribution is 0.233. The van der Waals surface area contributed by atoms with Gasteiger partial charge < -0.3 is 19.9 Å². The fourth-order valence-corrected chi connectivity index (χ4v) is 7.60. The molecule has 0 spiro atoms. The summed E-state index contributed by atoms with van der Waals surface area (Å²) in [6, 6.07) is 16.8. The van der Waals surface area contributed by atoms with Gasteiger partial charge >= 0.3 is 0 Å². The molecular weight excluding hydrogens is 942 g/mol. The van der Waals surface area contributed by atoms with Crippen LogP contribution in [-0.4, -0.2) is 78.1 Å². The minimum atomic E-state index is -4.66. The van der Waals surface area contributed by atoms with Crippen molar-refractivity contribution < 1.29 is 40.5 Å². The highest BCUT2D eigenvalue weighted by atomic mass is 35.5. The van der Waals surface area contributed by atoms with Crippen molar-refractivity contribution in [2.24, 2.45) is 26.4 Å². The summed E-state index contributed by atoms with van der Waals surface area (Å²) in [5.41, 5.74) is 2.16. The number of aliphatic hydroxyl groups excluding tert-OH is 1. The van der Waals surface area contributed by atoms with E-state index in [2.05, 4.69) is 30.8 Å². The zero-order chi connectivity index (χ0) is 45.7. The van der Waals surface area contributed by atoms with Crippen LogP contribution in [-0.2, 0) is 33.1 Å². The first-order valence-electron chi connectivity index (χ1n) is 19.2. The Labute approximate surface area is 384 Å². The topological polar surface area (TPSA) is 248 Å². The molecule has 1 atom stereocenters. The first-order valence-corrected chi connectivity index (χ1v) is 23.8. The van der Waals surface area contributed by atoms with Crippen LogP contribution < -0.4 is 14.8 Å². The molecule has 1 unspecified atom stereocenters. The Hall–Kier alpha value is -4.57. The summed E-state index contributed by atoms with van der Waals surface area (Å²) in [7, 11) is -8.94. The smallest absolute Gasteiger partial charge is 0.296 e. The van der Waals surface area contributed by atoms with Crippen LogP contribution in [0.2, 0.25) is 20.1 Å². The highest BCUT2D eigenvalue weighted by Crippen LogP contribution is 2.38. The molecule has 5 rings (SSSR count). The molecule has 4 N–H and O–H groups in total. The highest BCUT2D eigenvalue weighted by Gasteiger charge is 2.19. The first-order chi connectivity index (χ1) is 29.9. The van der Waals surface area contributed by atoms with Crippen LogP contribution in [0.15, 0.2) is 92.1 Å². The lowest BCUT2D eigenvalue weighted by atomic mass is 10.1. The second kappa shape index (κ2) is 22.9. The van der Waals surface area contributed by atoms with E-state index >= 15 is 0 Å². The summed E-state index contributed by atoms with van der Waals surface area (Å²) in [6.07, 6.45) is 1.43. The van der Waals surface area contributed by atoms with Gasteiger partial charge in [-0.2, -0.15) is 37.0 Å². The third-order valence-corrected chi connectivity index (χ3v) is 11.7. The van der Waals surface area contributed by atoms with E-state index < -0.39 is 30.9 Å². The van der Waals surface area contributed by atoms with Gasteiger partial charge in [0.05, 0.1) is 45.4 Å². The van der Waals surface area contributed by atoms with Crippen LogP contribution >= 0.6 is 46.4 Å². The zero-order valence-corrected chi connectivity index (χ0v) is 38.4. The molecule has 17 nitrogen and oxygen atoms in total. The Morgan fingerprint density at radius 2 is 1.27 bits per heavy atom. The summed E-state index contributed by atoms with van der Waals surface area (Å²) in [5, 5.41) is 30.4. The predicted molar refractivity (Wildman–Crippen MR) is 241 cm³/mol.